The van der Waals surface area contributed by atoms with Crippen LogP contribution in [-0.2, 0) is 11.8 Å². The Balaban J connectivity index is 1.29. The molecule has 0 aromatic carbocycles. The fourth-order valence-electron chi connectivity index (χ4n) is 4.46. The molecule has 3 aliphatic heterocycles. The number of hydrogen-bond donors (Lipinski definition) is 0. The number of amides is 2. The Morgan fingerprint density at radius 2 is 2.10 bits per heavy atom. The van der Waals surface area contributed by atoms with Crippen molar-refractivity contribution in [1.29, 1.82) is 5.26 Å². The number of aromatic nitrogens is 4. The van der Waals surface area contributed by atoms with Crippen molar-refractivity contribution in [2.45, 2.75) is 13.0 Å². The summed E-state index contributed by atoms with van der Waals surface area (Å²) >= 11 is 0. The van der Waals surface area contributed by atoms with Gasteiger partial charge < -0.3 is 19.4 Å². The second-order valence-electron chi connectivity index (χ2n) is 8.56. The van der Waals surface area contributed by atoms with Crippen LogP contribution in [0.1, 0.15) is 12.6 Å². The number of likely N-dealkylation sites (tertiary alicyclic amines) is 1. The number of anilines is 1. The summed E-state index contributed by atoms with van der Waals surface area (Å²) in [6.45, 7) is 7.18. The van der Waals surface area contributed by atoms with Gasteiger partial charge in [0.15, 0.2) is 5.69 Å². The SMILES string of the molecule is C[C@@H]1CN(c2cnc(C#N)c(-c3cnn(C)c3)n2)CCN1C(=O)N1CC2(COC2)C1. The van der Waals surface area contributed by atoms with Crippen LogP contribution in [-0.4, -0.2) is 87.6 Å². The molecule has 0 radical (unpaired) electrons. The van der Waals surface area contributed by atoms with E-state index in [4.69, 9.17) is 9.72 Å². The minimum absolute atomic E-state index is 0.0553. The molecule has 1 spiro atoms. The molecule has 3 fully saturated rings. The zero-order chi connectivity index (χ0) is 20.9. The summed E-state index contributed by atoms with van der Waals surface area (Å²) in [4.78, 5) is 27.9. The number of hydrogen-bond acceptors (Lipinski definition) is 7. The first kappa shape index (κ1) is 18.8. The van der Waals surface area contributed by atoms with Gasteiger partial charge in [0.25, 0.3) is 0 Å². The third kappa shape index (κ3) is 3.06. The lowest BCUT2D eigenvalue weighted by Gasteiger charge is -2.56. The van der Waals surface area contributed by atoms with E-state index < -0.39 is 0 Å². The molecule has 0 unspecified atom stereocenters. The number of rotatable bonds is 2. The highest BCUT2D eigenvalue weighted by molar-refractivity contribution is 5.76. The van der Waals surface area contributed by atoms with Crippen LogP contribution in [0.2, 0.25) is 0 Å². The van der Waals surface area contributed by atoms with Gasteiger partial charge in [-0.2, -0.15) is 10.4 Å². The molecular weight excluding hydrogens is 384 g/mol. The van der Waals surface area contributed by atoms with Crippen LogP contribution >= 0.6 is 0 Å². The van der Waals surface area contributed by atoms with Crippen LogP contribution in [0, 0.1) is 16.7 Å². The number of carbonyl (C=O) groups is 1. The van der Waals surface area contributed by atoms with Crippen LogP contribution in [0.4, 0.5) is 10.6 Å². The van der Waals surface area contributed by atoms with Crippen molar-refractivity contribution in [2.75, 3.05) is 50.8 Å². The molecule has 2 aromatic rings. The molecule has 3 saturated heterocycles. The maximum atomic E-state index is 12.9. The summed E-state index contributed by atoms with van der Waals surface area (Å²) < 4.78 is 6.97. The standard InChI is InChI=1S/C20H24N8O2/c1-14-8-26(3-4-28(14)19(29)27-10-20(11-27)12-30-13-20)17-7-22-16(5-21)18(24-17)15-6-23-25(2)9-15/h6-7,9,14H,3-4,8,10-13H2,1-2H3/t14-/m1/s1. The van der Waals surface area contributed by atoms with Gasteiger partial charge in [-0.3, -0.25) is 4.68 Å². The summed E-state index contributed by atoms with van der Waals surface area (Å²) in [5.41, 5.74) is 1.79. The van der Waals surface area contributed by atoms with E-state index in [2.05, 4.69) is 28.0 Å². The van der Waals surface area contributed by atoms with Crippen LogP contribution < -0.4 is 4.90 Å². The van der Waals surface area contributed by atoms with Gasteiger partial charge in [0.05, 0.1) is 31.0 Å². The van der Waals surface area contributed by atoms with Crippen molar-refractivity contribution in [3.63, 3.8) is 0 Å². The number of piperazine rings is 1. The van der Waals surface area contributed by atoms with Gasteiger partial charge in [0.1, 0.15) is 17.6 Å². The fraction of sp³-hybridized carbons (Fsp3) is 0.550. The predicted molar refractivity (Wildman–Crippen MR) is 108 cm³/mol. The molecular formula is C20H24N8O2. The Bertz CT molecular complexity index is 1020. The van der Waals surface area contributed by atoms with E-state index >= 15 is 0 Å². The molecule has 3 aliphatic rings. The van der Waals surface area contributed by atoms with Crippen molar-refractivity contribution in [1.82, 2.24) is 29.5 Å². The molecule has 0 saturated carbocycles. The number of carbonyl (C=O) groups excluding carboxylic acids is 1. The van der Waals surface area contributed by atoms with Gasteiger partial charge in [0, 0.05) is 57.6 Å². The largest absolute Gasteiger partial charge is 0.380 e. The zero-order valence-electron chi connectivity index (χ0n) is 17.2. The fourth-order valence-corrected chi connectivity index (χ4v) is 4.46. The van der Waals surface area contributed by atoms with Crippen molar-refractivity contribution in [3.8, 4) is 17.3 Å². The van der Waals surface area contributed by atoms with Crippen molar-refractivity contribution in [3.05, 3.63) is 24.3 Å². The first-order valence-corrected chi connectivity index (χ1v) is 10.1. The Hall–Kier alpha value is -3.19. The van der Waals surface area contributed by atoms with E-state index in [1.165, 1.54) is 0 Å². The third-order valence-electron chi connectivity index (χ3n) is 6.18. The second-order valence-corrected chi connectivity index (χ2v) is 8.56. The molecule has 30 heavy (non-hydrogen) atoms. The van der Waals surface area contributed by atoms with Gasteiger partial charge >= 0.3 is 6.03 Å². The van der Waals surface area contributed by atoms with E-state index in [0.29, 0.717) is 31.1 Å². The normalized spacial score (nSPS) is 22.4. The highest BCUT2D eigenvalue weighted by atomic mass is 16.5. The van der Waals surface area contributed by atoms with Crippen LogP contribution in [0.3, 0.4) is 0 Å². The molecule has 2 amide bonds. The molecule has 1 atom stereocenters. The van der Waals surface area contributed by atoms with Crippen LogP contribution in [0.5, 0.6) is 0 Å². The highest BCUT2D eigenvalue weighted by Gasteiger charge is 2.51. The number of ether oxygens (including phenoxy) is 1. The molecule has 0 bridgehead atoms. The van der Waals surface area contributed by atoms with Crippen LogP contribution in [0.15, 0.2) is 18.6 Å². The molecule has 5 rings (SSSR count). The number of urea groups is 1. The smallest absolute Gasteiger partial charge is 0.320 e. The summed E-state index contributed by atoms with van der Waals surface area (Å²) in [5.74, 6) is 0.710. The van der Waals surface area contributed by atoms with Gasteiger partial charge in [-0.05, 0) is 6.92 Å². The predicted octanol–water partition coefficient (Wildman–Crippen LogP) is 0.711. The summed E-state index contributed by atoms with van der Waals surface area (Å²) in [5, 5.41) is 13.6. The Kier molecular flexibility index (Phi) is 4.36. The molecule has 2 aromatic heterocycles. The minimum atomic E-state index is 0.0553. The third-order valence-corrected chi connectivity index (χ3v) is 6.18. The summed E-state index contributed by atoms with van der Waals surface area (Å²) in [7, 11) is 1.82. The number of aryl methyl sites for hydroxylation is 1. The van der Waals surface area contributed by atoms with Crippen molar-refractivity contribution in [2.24, 2.45) is 12.5 Å². The lowest BCUT2D eigenvalue weighted by atomic mass is 9.78. The average molecular weight is 408 g/mol. The van der Waals surface area contributed by atoms with Gasteiger partial charge in [0.2, 0.25) is 0 Å². The summed E-state index contributed by atoms with van der Waals surface area (Å²) in [6, 6.07) is 2.28. The van der Waals surface area contributed by atoms with E-state index in [1.807, 2.05) is 23.0 Å². The summed E-state index contributed by atoms with van der Waals surface area (Å²) in [6.07, 6.45) is 5.14. The van der Waals surface area contributed by atoms with E-state index in [9.17, 15) is 10.1 Å². The maximum Gasteiger partial charge on any atom is 0.320 e. The monoisotopic (exact) mass is 408 g/mol. The van der Waals surface area contributed by atoms with Crippen molar-refractivity contribution >= 4 is 11.8 Å². The number of nitriles is 1. The average Bonchev–Trinajstić information content (AvgIpc) is 3.11. The lowest BCUT2D eigenvalue weighted by molar-refractivity contribution is -0.177. The first-order valence-electron chi connectivity index (χ1n) is 10.1. The van der Waals surface area contributed by atoms with E-state index in [0.717, 1.165) is 31.9 Å². The Morgan fingerprint density at radius 3 is 2.70 bits per heavy atom. The van der Waals surface area contributed by atoms with Gasteiger partial charge in [-0.1, -0.05) is 0 Å². The van der Waals surface area contributed by atoms with Gasteiger partial charge in [-0.15, -0.1) is 0 Å². The first-order chi connectivity index (χ1) is 14.5. The Morgan fingerprint density at radius 1 is 1.30 bits per heavy atom. The molecule has 0 N–H and O–H groups in total. The second kappa shape index (κ2) is 6.95. The molecule has 10 nitrogen and oxygen atoms in total. The lowest BCUT2D eigenvalue weighted by Crippen LogP contribution is -2.70. The van der Waals surface area contributed by atoms with Crippen LogP contribution in [0.25, 0.3) is 11.3 Å². The Labute approximate surface area is 174 Å². The number of nitrogens with zero attached hydrogens (tertiary/aromatic N) is 8. The quantitative estimate of drug-likeness (QED) is 0.721. The molecule has 156 valence electrons. The molecule has 5 heterocycles. The maximum absolute atomic E-state index is 12.9. The van der Waals surface area contributed by atoms with Crippen molar-refractivity contribution < 1.29 is 9.53 Å². The topological polar surface area (TPSA) is 103 Å². The van der Waals surface area contributed by atoms with E-state index in [-0.39, 0.29) is 23.2 Å². The minimum Gasteiger partial charge on any atom is -0.380 e. The molecule has 0 aliphatic carbocycles. The highest BCUT2D eigenvalue weighted by Crippen LogP contribution is 2.38. The zero-order valence-corrected chi connectivity index (χ0v) is 17.2. The van der Waals surface area contributed by atoms with E-state index in [1.54, 1.807) is 17.1 Å². The van der Waals surface area contributed by atoms with Gasteiger partial charge in [-0.25, -0.2) is 14.8 Å². The molecule has 10 heteroatoms.